The lowest BCUT2D eigenvalue weighted by atomic mass is 9.99. The SMILES string of the molecule is C[C@@H]([C]1[CH][CH][CH][C]1P(c1ccccc1)c1ccccc1)N(C)p1oc2ccc3ccccc3c2c2c(ccc3ccccc32)o1. The van der Waals surface area contributed by atoms with E-state index >= 15 is 0 Å². The molecular formula is C40H32NO2P2. The quantitative estimate of drug-likeness (QED) is 0.173. The molecule has 1 saturated carbocycles. The molecule has 5 radical (unpaired) electrons. The van der Waals surface area contributed by atoms with Gasteiger partial charge in [0.25, 0.3) is 0 Å². The van der Waals surface area contributed by atoms with Crippen LogP contribution in [-0.2, 0) is 0 Å². The minimum absolute atomic E-state index is 0.0458. The highest BCUT2D eigenvalue weighted by Gasteiger charge is 2.41. The number of fused-ring (bicyclic) bond motifs is 7. The van der Waals surface area contributed by atoms with Gasteiger partial charge in [-0.05, 0) is 78.4 Å². The van der Waals surface area contributed by atoms with Crippen molar-refractivity contribution in [2.75, 3.05) is 11.7 Å². The van der Waals surface area contributed by atoms with Crippen molar-refractivity contribution in [1.82, 2.24) is 0 Å². The van der Waals surface area contributed by atoms with Gasteiger partial charge >= 0.3 is 8.16 Å². The Morgan fingerprint density at radius 2 is 1.07 bits per heavy atom. The number of benzene rings is 6. The zero-order chi connectivity index (χ0) is 30.3. The maximum absolute atomic E-state index is 6.92. The predicted molar refractivity (Wildman–Crippen MR) is 193 cm³/mol. The van der Waals surface area contributed by atoms with Crippen molar-refractivity contribution in [3.8, 4) is 0 Å². The molecule has 1 aliphatic rings. The second-order valence-corrected chi connectivity index (χ2v) is 15.0. The Kier molecular flexibility index (Phi) is 7.72. The van der Waals surface area contributed by atoms with E-state index in [0.29, 0.717) is 0 Å². The Balaban J connectivity index is 1.27. The molecule has 45 heavy (non-hydrogen) atoms. The van der Waals surface area contributed by atoms with Gasteiger partial charge in [-0.25, -0.2) is 4.67 Å². The van der Waals surface area contributed by atoms with Crippen LogP contribution in [0.15, 0.2) is 142 Å². The Morgan fingerprint density at radius 1 is 0.578 bits per heavy atom. The monoisotopic (exact) mass is 620 g/mol. The molecule has 0 unspecified atom stereocenters. The molecule has 1 atom stereocenters. The molecule has 1 aromatic heterocycles. The third kappa shape index (κ3) is 5.18. The average molecular weight is 621 g/mol. The summed E-state index contributed by atoms with van der Waals surface area (Å²) in [6.07, 6.45) is 6.77. The molecule has 219 valence electrons. The lowest BCUT2D eigenvalue weighted by Gasteiger charge is -2.34. The molecule has 1 fully saturated rings. The van der Waals surface area contributed by atoms with E-state index in [1.165, 1.54) is 43.7 Å². The Labute approximate surface area is 266 Å². The summed E-state index contributed by atoms with van der Waals surface area (Å²) in [5, 5.41) is 9.57. The van der Waals surface area contributed by atoms with Gasteiger partial charge in [-0.15, -0.1) is 0 Å². The second kappa shape index (κ2) is 12.1. The first-order valence-electron chi connectivity index (χ1n) is 15.3. The first kappa shape index (κ1) is 28.6. The van der Waals surface area contributed by atoms with Gasteiger partial charge in [-0.3, -0.25) is 0 Å². The Hall–Kier alpha value is -3.87. The van der Waals surface area contributed by atoms with Crippen molar-refractivity contribution in [2.24, 2.45) is 0 Å². The number of nitrogens with zero attached hydrogens (tertiary/aromatic N) is 1. The molecule has 0 aliphatic heterocycles. The normalized spacial score (nSPS) is 15.2. The van der Waals surface area contributed by atoms with Crippen LogP contribution in [0.3, 0.4) is 0 Å². The standard InChI is InChI=1S/C40H32NO2P2/c1-28(33-22-13-23-38(33)44(31-16-5-3-6-17-31)32-18-7-4-8-19-32)41(2)45-42-36-26-24-29-14-9-11-20-34(29)39(36)40-35-21-12-10-15-30(35)25-27-37(40)43-45/h3-28H,1-2H3/t28-/m0/s1. The van der Waals surface area contributed by atoms with Crippen LogP contribution in [0.1, 0.15) is 6.92 Å². The highest BCUT2D eigenvalue weighted by molar-refractivity contribution is 7.76. The molecule has 0 spiro atoms. The topological polar surface area (TPSA) is 29.5 Å². The van der Waals surface area contributed by atoms with Crippen molar-refractivity contribution in [3.05, 3.63) is 164 Å². The fourth-order valence-corrected chi connectivity index (χ4v) is 10.3. The minimum Gasteiger partial charge on any atom is -0.408 e. The van der Waals surface area contributed by atoms with Crippen molar-refractivity contribution in [3.63, 3.8) is 0 Å². The molecule has 3 nitrogen and oxygen atoms in total. The summed E-state index contributed by atoms with van der Waals surface area (Å²) in [5.74, 6) is 1.30. The van der Waals surface area contributed by atoms with E-state index in [0.717, 1.165) is 21.9 Å². The van der Waals surface area contributed by atoms with Crippen molar-refractivity contribution >= 4 is 70.2 Å². The first-order valence-corrected chi connectivity index (χ1v) is 17.7. The maximum atomic E-state index is 6.92. The second-order valence-electron chi connectivity index (χ2n) is 11.4. The molecule has 0 N–H and O–H groups in total. The summed E-state index contributed by atoms with van der Waals surface area (Å²) in [7, 11) is -0.0902. The van der Waals surface area contributed by atoms with Crippen LogP contribution in [0.25, 0.3) is 43.5 Å². The fourth-order valence-electron chi connectivity index (χ4n) is 6.39. The predicted octanol–water partition coefficient (Wildman–Crippen LogP) is 10.4. The molecule has 8 rings (SSSR count). The lowest BCUT2D eigenvalue weighted by Crippen LogP contribution is -2.35. The van der Waals surface area contributed by atoms with Crippen molar-refractivity contribution in [1.29, 1.82) is 0 Å². The zero-order valence-electron chi connectivity index (χ0n) is 25.2. The average Bonchev–Trinajstić information content (AvgIpc) is 3.50. The smallest absolute Gasteiger partial charge is 0.309 e. The summed E-state index contributed by atoms with van der Waals surface area (Å²) < 4.78 is 16.1. The maximum Gasteiger partial charge on any atom is 0.309 e. The summed E-state index contributed by atoms with van der Waals surface area (Å²) >= 11 is 0. The molecule has 5 heteroatoms. The van der Waals surface area contributed by atoms with Crippen molar-refractivity contribution < 1.29 is 8.39 Å². The van der Waals surface area contributed by atoms with E-state index in [4.69, 9.17) is 8.39 Å². The Morgan fingerprint density at radius 3 is 1.60 bits per heavy atom. The summed E-state index contributed by atoms with van der Waals surface area (Å²) in [6.45, 7) is 2.27. The summed E-state index contributed by atoms with van der Waals surface area (Å²) in [6, 6.07) is 47.5. The molecule has 0 amide bonds. The minimum atomic E-state index is -1.49. The molecular weight excluding hydrogens is 588 g/mol. The first-order chi connectivity index (χ1) is 22.2. The molecule has 1 heterocycles. The van der Waals surface area contributed by atoms with Gasteiger partial charge in [-0.1, -0.05) is 121 Å². The van der Waals surface area contributed by atoms with Gasteiger partial charge < -0.3 is 8.39 Å². The van der Waals surface area contributed by atoms with Gasteiger partial charge in [0.05, 0.1) is 0 Å². The third-order valence-electron chi connectivity index (χ3n) is 8.75. The summed E-state index contributed by atoms with van der Waals surface area (Å²) in [4.78, 5) is 0. The molecule has 0 bridgehead atoms. The van der Waals surface area contributed by atoms with Crippen LogP contribution < -0.4 is 15.3 Å². The van der Waals surface area contributed by atoms with E-state index in [1.54, 1.807) is 0 Å². The van der Waals surface area contributed by atoms with Gasteiger partial charge in [0.1, 0.15) is 11.2 Å². The van der Waals surface area contributed by atoms with Gasteiger partial charge in [0.2, 0.25) is 0 Å². The molecule has 7 aromatic rings. The van der Waals surface area contributed by atoms with E-state index in [1.807, 2.05) is 0 Å². The van der Waals surface area contributed by atoms with E-state index in [2.05, 4.69) is 171 Å². The van der Waals surface area contributed by atoms with Crippen molar-refractivity contribution in [2.45, 2.75) is 13.0 Å². The highest BCUT2D eigenvalue weighted by atomic mass is 31.1. The highest BCUT2D eigenvalue weighted by Crippen LogP contribution is 2.58. The van der Waals surface area contributed by atoms with Crippen LogP contribution in [0.5, 0.6) is 0 Å². The lowest BCUT2D eigenvalue weighted by molar-refractivity contribution is 0.613. The van der Waals surface area contributed by atoms with E-state index in [-0.39, 0.29) is 6.04 Å². The van der Waals surface area contributed by atoms with Crippen LogP contribution >= 0.6 is 16.1 Å². The number of hydrogen-bond acceptors (Lipinski definition) is 3. The van der Waals surface area contributed by atoms with Gasteiger partial charge in [0, 0.05) is 35.4 Å². The zero-order valence-corrected chi connectivity index (χ0v) is 27.0. The number of rotatable bonds is 6. The molecule has 1 aliphatic carbocycles. The van der Waals surface area contributed by atoms with Crippen LogP contribution in [0.2, 0.25) is 0 Å². The Bertz CT molecular complexity index is 2020. The molecule has 6 aromatic carbocycles. The van der Waals surface area contributed by atoms with E-state index < -0.39 is 16.1 Å². The van der Waals surface area contributed by atoms with Crippen LogP contribution in [0.4, 0.5) is 0 Å². The van der Waals surface area contributed by atoms with Crippen LogP contribution in [-0.4, -0.2) is 13.1 Å². The fraction of sp³-hybridized carbons (Fsp3) is 0.0750. The number of hydrogen-bond donors (Lipinski definition) is 0. The molecule has 0 saturated heterocycles. The van der Waals surface area contributed by atoms with E-state index in [9.17, 15) is 0 Å². The summed E-state index contributed by atoms with van der Waals surface area (Å²) in [5.41, 5.74) is 3.07. The third-order valence-corrected chi connectivity index (χ3v) is 12.8. The van der Waals surface area contributed by atoms with Gasteiger partial charge in [0.15, 0.2) is 0 Å². The largest absolute Gasteiger partial charge is 0.408 e. The van der Waals surface area contributed by atoms with Gasteiger partial charge in [-0.2, -0.15) is 0 Å². The van der Waals surface area contributed by atoms with Crippen LogP contribution in [0, 0.1) is 30.8 Å².